The Morgan fingerprint density at radius 3 is 2.27 bits per heavy atom. The third kappa shape index (κ3) is 2.03. The van der Waals surface area contributed by atoms with Crippen LogP contribution in [-0.2, 0) is 0 Å². The number of hydrogen-bond donors (Lipinski definition) is 2. The molecule has 4 nitrogen and oxygen atoms in total. The zero-order valence-electron chi connectivity index (χ0n) is 8.96. The van der Waals surface area contributed by atoms with E-state index in [1.54, 1.807) is 14.2 Å². The number of methoxy groups -OCH3 is 2. The molecule has 1 heterocycles. The minimum atomic E-state index is 0.798. The van der Waals surface area contributed by atoms with Gasteiger partial charge < -0.3 is 9.47 Å². The van der Waals surface area contributed by atoms with Gasteiger partial charge in [-0.2, -0.15) is 0 Å². The summed E-state index contributed by atoms with van der Waals surface area (Å²) in [5.74, 6) is 2.63. The van der Waals surface area contributed by atoms with Crippen molar-refractivity contribution in [2.75, 3.05) is 27.3 Å². The molecule has 0 aliphatic carbocycles. The zero-order chi connectivity index (χ0) is 10.7. The Morgan fingerprint density at radius 2 is 1.80 bits per heavy atom. The minimum absolute atomic E-state index is 0.798. The van der Waals surface area contributed by atoms with Gasteiger partial charge in [-0.3, -0.25) is 10.3 Å². The van der Waals surface area contributed by atoms with Gasteiger partial charge in [-0.25, -0.2) is 0 Å². The van der Waals surface area contributed by atoms with Crippen molar-refractivity contribution in [1.29, 1.82) is 0 Å². The summed E-state index contributed by atoms with van der Waals surface area (Å²) in [6, 6.07) is 5.81. The summed E-state index contributed by atoms with van der Waals surface area (Å²) < 4.78 is 10.4. The van der Waals surface area contributed by atoms with Crippen molar-refractivity contribution in [3.8, 4) is 11.5 Å². The summed E-state index contributed by atoms with van der Waals surface area (Å²) in [6.07, 6.45) is 0. The highest BCUT2D eigenvalue weighted by Gasteiger charge is 2.16. The molecular weight excluding hydrogens is 192 g/mol. The van der Waals surface area contributed by atoms with Gasteiger partial charge in [0.05, 0.1) is 19.8 Å². The van der Waals surface area contributed by atoms with Gasteiger partial charge >= 0.3 is 0 Å². The van der Waals surface area contributed by atoms with Gasteiger partial charge in [-0.05, 0) is 12.1 Å². The highest BCUT2D eigenvalue weighted by Crippen LogP contribution is 2.21. The minimum Gasteiger partial charge on any atom is -0.497 e. The number of rotatable bonds is 3. The molecule has 2 rings (SSSR count). The largest absolute Gasteiger partial charge is 0.497 e. The maximum absolute atomic E-state index is 5.21. The zero-order valence-corrected chi connectivity index (χ0v) is 8.96. The highest BCUT2D eigenvalue weighted by molar-refractivity contribution is 5.95. The lowest BCUT2D eigenvalue weighted by molar-refractivity contribution is -0.444. The summed E-state index contributed by atoms with van der Waals surface area (Å²) in [4.78, 5) is 3.27. The molecule has 80 valence electrons. The average molecular weight is 207 g/mol. The molecule has 0 saturated carbocycles. The monoisotopic (exact) mass is 207 g/mol. The topological polar surface area (TPSA) is 44.5 Å². The maximum Gasteiger partial charge on any atom is 0.275 e. The van der Waals surface area contributed by atoms with Crippen LogP contribution in [-0.4, -0.2) is 33.1 Å². The Kier molecular flexibility index (Phi) is 2.76. The molecule has 0 atom stereocenters. The van der Waals surface area contributed by atoms with Gasteiger partial charge in [0.15, 0.2) is 0 Å². The van der Waals surface area contributed by atoms with E-state index in [0.29, 0.717) is 0 Å². The predicted octanol–water partition coefficient (Wildman–Crippen LogP) is -0.866. The van der Waals surface area contributed by atoms with Crippen LogP contribution in [0, 0.1) is 0 Å². The molecule has 15 heavy (non-hydrogen) atoms. The second-order valence-corrected chi connectivity index (χ2v) is 3.33. The van der Waals surface area contributed by atoms with E-state index in [1.807, 2.05) is 18.2 Å². The third-order valence-corrected chi connectivity index (χ3v) is 2.37. The third-order valence-electron chi connectivity index (χ3n) is 2.37. The van der Waals surface area contributed by atoms with Crippen LogP contribution >= 0.6 is 0 Å². The van der Waals surface area contributed by atoms with Crippen molar-refractivity contribution in [1.82, 2.24) is 5.32 Å². The van der Waals surface area contributed by atoms with Crippen molar-refractivity contribution in [3.63, 3.8) is 0 Å². The van der Waals surface area contributed by atoms with Crippen LogP contribution in [0.1, 0.15) is 5.56 Å². The van der Waals surface area contributed by atoms with Crippen molar-refractivity contribution in [2.45, 2.75) is 0 Å². The van der Waals surface area contributed by atoms with Crippen LogP contribution in [0.5, 0.6) is 11.5 Å². The molecule has 1 aromatic rings. The predicted molar refractivity (Wildman–Crippen MR) is 57.5 cm³/mol. The summed E-state index contributed by atoms with van der Waals surface area (Å²) in [7, 11) is 3.30. The second kappa shape index (κ2) is 4.21. The smallest absolute Gasteiger partial charge is 0.275 e. The first-order valence-electron chi connectivity index (χ1n) is 4.91. The molecule has 0 unspecified atom stereocenters. The Hall–Kier alpha value is -1.71. The van der Waals surface area contributed by atoms with Crippen LogP contribution in [0.2, 0.25) is 0 Å². The van der Waals surface area contributed by atoms with E-state index in [4.69, 9.17) is 9.47 Å². The first-order chi connectivity index (χ1) is 7.33. The van der Waals surface area contributed by atoms with Gasteiger partial charge in [-0.15, -0.1) is 0 Å². The highest BCUT2D eigenvalue weighted by atomic mass is 16.5. The molecule has 2 N–H and O–H groups in total. The van der Waals surface area contributed by atoms with Crippen molar-refractivity contribution in [2.24, 2.45) is 0 Å². The fraction of sp³-hybridized carbons (Fsp3) is 0.364. The molecule has 0 radical (unpaired) electrons. The number of ether oxygens (including phenoxy) is 2. The second-order valence-electron chi connectivity index (χ2n) is 3.33. The van der Waals surface area contributed by atoms with E-state index >= 15 is 0 Å². The van der Waals surface area contributed by atoms with Gasteiger partial charge in [0.25, 0.3) is 5.84 Å². The fourth-order valence-corrected chi connectivity index (χ4v) is 1.59. The van der Waals surface area contributed by atoms with Gasteiger partial charge in [0, 0.05) is 6.07 Å². The molecular formula is C11H15N2O2+. The van der Waals surface area contributed by atoms with Gasteiger partial charge in [-0.1, -0.05) is 0 Å². The summed E-state index contributed by atoms with van der Waals surface area (Å²) in [6.45, 7) is 1.91. The molecule has 1 aliphatic heterocycles. The quantitative estimate of drug-likeness (QED) is 0.677. The van der Waals surface area contributed by atoms with Gasteiger partial charge in [0.2, 0.25) is 0 Å². The lowest BCUT2D eigenvalue weighted by Crippen LogP contribution is -2.70. The van der Waals surface area contributed by atoms with E-state index < -0.39 is 0 Å². The van der Waals surface area contributed by atoms with Crippen LogP contribution in [0.4, 0.5) is 0 Å². The Labute approximate surface area is 88.9 Å². The van der Waals surface area contributed by atoms with Crippen LogP contribution in [0.3, 0.4) is 0 Å². The lowest BCUT2D eigenvalue weighted by Gasteiger charge is -2.06. The Balaban J connectivity index is 2.37. The normalized spacial score (nSPS) is 14.4. The van der Waals surface area contributed by atoms with E-state index in [0.717, 1.165) is 36.0 Å². The van der Waals surface area contributed by atoms with E-state index in [9.17, 15) is 0 Å². The number of hydrogen-bond acceptors (Lipinski definition) is 3. The van der Waals surface area contributed by atoms with Crippen molar-refractivity contribution in [3.05, 3.63) is 23.8 Å². The molecule has 0 spiro atoms. The number of amidine groups is 1. The molecule has 0 bridgehead atoms. The standard InChI is InChI=1S/C11H14N2O2/c1-14-9-5-8(6-10(7-9)15-2)11-12-3-4-13-11/h5-7H,3-4H2,1-2H3,(H,12,13)/p+1. The Bertz CT molecular complexity index is 366. The molecule has 4 heteroatoms. The Morgan fingerprint density at radius 1 is 1.13 bits per heavy atom. The number of nitrogens with one attached hydrogen (secondary N) is 2. The first-order valence-corrected chi connectivity index (χ1v) is 4.91. The average Bonchev–Trinajstić information content (AvgIpc) is 2.81. The summed E-state index contributed by atoms with van der Waals surface area (Å²) in [5.41, 5.74) is 1.06. The summed E-state index contributed by atoms with van der Waals surface area (Å²) in [5, 5.41) is 3.27. The maximum atomic E-state index is 5.21. The van der Waals surface area contributed by atoms with Crippen LogP contribution in [0.25, 0.3) is 0 Å². The van der Waals surface area contributed by atoms with Crippen LogP contribution in [0.15, 0.2) is 18.2 Å². The van der Waals surface area contributed by atoms with Gasteiger partial charge in [0.1, 0.15) is 24.6 Å². The molecule has 0 saturated heterocycles. The molecule has 0 fully saturated rings. The van der Waals surface area contributed by atoms with Crippen molar-refractivity contribution >= 4 is 5.84 Å². The molecule has 0 amide bonds. The first kappa shape index (κ1) is 9.83. The molecule has 0 aromatic heterocycles. The molecule has 1 aromatic carbocycles. The number of benzene rings is 1. The van der Waals surface area contributed by atoms with E-state index in [1.165, 1.54) is 0 Å². The fourth-order valence-electron chi connectivity index (χ4n) is 1.59. The summed E-state index contributed by atoms with van der Waals surface area (Å²) >= 11 is 0. The van der Waals surface area contributed by atoms with E-state index in [2.05, 4.69) is 10.3 Å². The van der Waals surface area contributed by atoms with Crippen molar-refractivity contribution < 1.29 is 14.5 Å². The lowest BCUT2D eigenvalue weighted by atomic mass is 10.2. The van der Waals surface area contributed by atoms with Crippen LogP contribution < -0.4 is 19.8 Å². The van der Waals surface area contributed by atoms with E-state index in [-0.39, 0.29) is 0 Å². The SMILES string of the molecule is COc1cc(OC)cc(C2=[NH+]CCN2)c1. The molecule has 1 aliphatic rings.